The van der Waals surface area contributed by atoms with E-state index in [-0.39, 0.29) is 6.04 Å². The highest BCUT2D eigenvalue weighted by molar-refractivity contribution is 7.99. The van der Waals surface area contributed by atoms with E-state index in [1.807, 2.05) is 11.8 Å². The van der Waals surface area contributed by atoms with Gasteiger partial charge in [-0.2, -0.15) is 11.8 Å². The van der Waals surface area contributed by atoms with Gasteiger partial charge in [0.15, 0.2) is 0 Å². The molecule has 0 saturated carbocycles. The predicted molar refractivity (Wildman–Crippen MR) is 76.4 cm³/mol. The molecule has 2 rings (SSSR count). The van der Waals surface area contributed by atoms with Crippen molar-refractivity contribution in [3.63, 3.8) is 0 Å². The first-order valence-corrected chi connectivity index (χ1v) is 7.65. The molecular formula is C13H17NS2. The maximum Gasteiger partial charge on any atom is 0.0401 e. The molecule has 2 aromatic rings. The van der Waals surface area contributed by atoms with Crippen LogP contribution >= 0.6 is 23.1 Å². The SMILES string of the molecule is CCCSCC(N)c1cccc2ccsc12. The molecule has 0 bridgehead atoms. The molecule has 3 heteroatoms. The van der Waals surface area contributed by atoms with Crippen molar-refractivity contribution in [2.45, 2.75) is 19.4 Å². The van der Waals surface area contributed by atoms with Gasteiger partial charge >= 0.3 is 0 Å². The van der Waals surface area contributed by atoms with Crippen molar-refractivity contribution in [3.05, 3.63) is 35.2 Å². The minimum absolute atomic E-state index is 0.166. The Morgan fingerprint density at radius 2 is 2.25 bits per heavy atom. The molecule has 1 unspecified atom stereocenters. The maximum atomic E-state index is 6.25. The highest BCUT2D eigenvalue weighted by Crippen LogP contribution is 2.29. The van der Waals surface area contributed by atoms with Crippen molar-refractivity contribution >= 4 is 33.2 Å². The quantitative estimate of drug-likeness (QED) is 0.811. The third-order valence-corrected chi connectivity index (χ3v) is 4.83. The van der Waals surface area contributed by atoms with Crippen LogP contribution in [0.25, 0.3) is 10.1 Å². The Morgan fingerprint density at radius 1 is 1.38 bits per heavy atom. The number of thioether (sulfide) groups is 1. The standard InChI is InChI=1S/C13H17NS2/c1-2-7-15-9-12(14)11-5-3-4-10-6-8-16-13(10)11/h3-6,8,12H,2,7,9,14H2,1H3. The van der Waals surface area contributed by atoms with Crippen LogP contribution in [0.2, 0.25) is 0 Å². The van der Waals surface area contributed by atoms with Crippen molar-refractivity contribution in [2.75, 3.05) is 11.5 Å². The van der Waals surface area contributed by atoms with Gasteiger partial charge in [0.05, 0.1) is 0 Å². The molecule has 0 aliphatic heterocycles. The van der Waals surface area contributed by atoms with Gasteiger partial charge in [-0.15, -0.1) is 11.3 Å². The highest BCUT2D eigenvalue weighted by Gasteiger charge is 2.10. The van der Waals surface area contributed by atoms with Gasteiger partial charge in [-0.05, 0) is 34.6 Å². The Labute approximate surface area is 105 Å². The Hall–Kier alpha value is -0.510. The zero-order valence-corrected chi connectivity index (χ0v) is 11.1. The van der Waals surface area contributed by atoms with Crippen LogP contribution in [-0.2, 0) is 0 Å². The summed E-state index contributed by atoms with van der Waals surface area (Å²) in [5.41, 5.74) is 7.55. The second kappa shape index (κ2) is 5.71. The number of nitrogens with two attached hydrogens (primary N) is 1. The predicted octanol–water partition coefficient (Wildman–Crippen LogP) is 4.04. The van der Waals surface area contributed by atoms with Crippen molar-refractivity contribution in [2.24, 2.45) is 5.73 Å². The Balaban J connectivity index is 2.15. The third-order valence-electron chi connectivity index (χ3n) is 2.55. The molecule has 2 N–H and O–H groups in total. The number of hydrogen-bond acceptors (Lipinski definition) is 3. The number of hydrogen-bond donors (Lipinski definition) is 1. The molecule has 1 heterocycles. The lowest BCUT2D eigenvalue weighted by molar-refractivity contribution is 0.840. The van der Waals surface area contributed by atoms with E-state index in [0.717, 1.165) is 5.75 Å². The molecule has 0 aliphatic rings. The van der Waals surface area contributed by atoms with E-state index in [2.05, 4.69) is 36.6 Å². The third kappa shape index (κ3) is 2.59. The van der Waals surface area contributed by atoms with Gasteiger partial charge < -0.3 is 5.73 Å². The van der Waals surface area contributed by atoms with Crippen LogP contribution in [-0.4, -0.2) is 11.5 Å². The average Bonchev–Trinajstić information content (AvgIpc) is 2.76. The summed E-state index contributed by atoms with van der Waals surface area (Å²) in [6.07, 6.45) is 1.22. The van der Waals surface area contributed by atoms with Crippen LogP contribution in [0.5, 0.6) is 0 Å². The molecule has 0 radical (unpaired) electrons. The van der Waals surface area contributed by atoms with E-state index < -0.39 is 0 Å². The van der Waals surface area contributed by atoms with E-state index in [0.29, 0.717) is 0 Å². The zero-order chi connectivity index (χ0) is 11.4. The van der Waals surface area contributed by atoms with Crippen molar-refractivity contribution in [1.82, 2.24) is 0 Å². The van der Waals surface area contributed by atoms with E-state index in [1.165, 1.54) is 27.8 Å². The minimum atomic E-state index is 0.166. The summed E-state index contributed by atoms with van der Waals surface area (Å²) in [6.45, 7) is 2.21. The summed E-state index contributed by atoms with van der Waals surface area (Å²) >= 11 is 3.74. The Kier molecular flexibility index (Phi) is 4.27. The smallest absolute Gasteiger partial charge is 0.0401 e. The Morgan fingerprint density at radius 3 is 3.06 bits per heavy atom. The van der Waals surface area contributed by atoms with Crippen LogP contribution in [0.1, 0.15) is 24.9 Å². The molecule has 1 aromatic carbocycles. The average molecular weight is 251 g/mol. The zero-order valence-electron chi connectivity index (χ0n) is 9.48. The topological polar surface area (TPSA) is 26.0 Å². The van der Waals surface area contributed by atoms with Crippen LogP contribution in [0, 0.1) is 0 Å². The minimum Gasteiger partial charge on any atom is -0.323 e. The summed E-state index contributed by atoms with van der Waals surface area (Å²) in [5.74, 6) is 2.22. The van der Waals surface area contributed by atoms with Crippen molar-refractivity contribution in [3.8, 4) is 0 Å². The van der Waals surface area contributed by atoms with Gasteiger partial charge in [-0.25, -0.2) is 0 Å². The maximum absolute atomic E-state index is 6.25. The molecule has 1 nitrogen and oxygen atoms in total. The van der Waals surface area contributed by atoms with Crippen LogP contribution < -0.4 is 5.73 Å². The van der Waals surface area contributed by atoms with Crippen LogP contribution in [0.15, 0.2) is 29.6 Å². The lowest BCUT2D eigenvalue weighted by Crippen LogP contribution is -2.13. The second-order valence-corrected chi connectivity index (χ2v) is 5.93. The largest absolute Gasteiger partial charge is 0.323 e. The summed E-state index contributed by atoms with van der Waals surface area (Å²) in [4.78, 5) is 0. The van der Waals surface area contributed by atoms with E-state index in [9.17, 15) is 0 Å². The summed E-state index contributed by atoms with van der Waals surface area (Å²) in [6, 6.07) is 8.75. The van der Waals surface area contributed by atoms with Gasteiger partial charge in [0, 0.05) is 16.5 Å². The molecule has 0 fully saturated rings. The lowest BCUT2D eigenvalue weighted by Gasteiger charge is -2.12. The molecular weight excluding hydrogens is 234 g/mol. The highest BCUT2D eigenvalue weighted by atomic mass is 32.2. The molecule has 0 amide bonds. The van der Waals surface area contributed by atoms with Crippen molar-refractivity contribution in [1.29, 1.82) is 0 Å². The first-order valence-electron chi connectivity index (χ1n) is 5.62. The fourth-order valence-electron chi connectivity index (χ4n) is 1.75. The number of benzene rings is 1. The van der Waals surface area contributed by atoms with E-state index in [1.54, 1.807) is 11.3 Å². The van der Waals surface area contributed by atoms with Gasteiger partial charge in [-0.3, -0.25) is 0 Å². The molecule has 1 aromatic heterocycles. The van der Waals surface area contributed by atoms with Gasteiger partial charge in [0.2, 0.25) is 0 Å². The van der Waals surface area contributed by atoms with Gasteiger partial charge in [0.25, 0.3) is 0 Å². The van der Waals surface area contributed by atoms with E-state index >= 15 is 0 Å². The van der Waals surface area contributed by atoms with Crippen LogP contribution in [0.4, 0.5) is 0 Å². The van der Waals surface area contributed by atoms with Crippen molar-refractivity contribution < 1.29 is 0 Å². The van der Waals surface area contributed by atoms with Gasteiger partial charge in [-0.1, -0.05) is 25.1 Å². The number of fused-ring (bicyclic) bond motifs is 1. The summed E-state index contributed by atoms with van der Waals surface area (Å²) < 4.78 is 1.35. The number of rotatable bonds is 5. The molecule has 86 valence electrons. The van der Waals surface area contributed by atoms with Crippen LogP contribution in [0.3, 0.4) is 0 Å². The first-order chi connectivity index (χ1) is 7.83. The fourth-order valence-corrected chi connectivity index (χ4v) is 3.62. The Bertz CT molecular complexity index is 450. The molecule has 0 aliphatic carbocycles. The molecule has 1 atom stereocenters. The monoisotopic (exact) mass is 251 g/mol. The second-order valence-electron chi connectivity index (χ2n) is 3.87. The lowest BCUT2D eigenvalue weighted by atomic mass is 10.1. The first kappa shape index (κ1) is 12.0. The fraction of sp³-hybridized carbons (Fsp3) is 0.385. The molecule has 16 heavy (non-hydrogen) atoms. The number of thiophene rings is 1. The summed E-state index contributed by atoms with van der Waals surface area (Å²) in [5, 5.41) is 3.46. The molecule has 0 spiro atoms. The normalized spacial score (nSPS) is 13.1. The van der Waals surface area contributed by atoms with E-state index in [4.69, 9.17) is 5.73 Å². The summed E-state index contributed by atoms with van der Waals surface area (Å²) in [7, 11) is 0. The molecule has 0 saturated heterocycles. The van der Waals surface area contributed by atoms with Gasteiger partial charge in [0.1, 0.15) is 0 Å².